The first-order valence-corrected chi connectivity index (χ1v) is 7.45. The van der Waals surface area contributed by atoms with Crippen LogP contribution in [0.15, 0.2) is 24.5 Å². The molecule has 1 aromatic heterocycles. The summed E-state index contributed by atoms with van der Waals surface area (Å²) in [6, 6.07) is 4.80. The number of aromatic nitrogens is 4. The average Bonchev–Trinajstić information content (AvgIpc) is 3.03. The molecule has 1 unspecified atom stereocenters. The SMILES string of the molecule is Cc1ccc(NC(=O)C(C)n2cnnn2)cc1NC(=O)CN(C)C. The zero-order valence-electron chi connectivity index (χ0n) is 14.1. The normalized spacial score (nSPS) is 12.0. The molecule has 0 spiro atoms. The Morgan fingerprint density at radius 3 is 2.67 bits per heavy atom. The second-order valence-corrected chi connectivity index (χ2v) is 5.77. The summed E-state index contributed by atoms with van der Waals surface area (Å²) in [5.74, 6) is -0.370. The molecule has 0 aliphatic rings. The third-order valence-electron chi connectivity index (χ3n) is 3.38. The monoisotopic (exact) mass is 331 g/mol. The molecule has 1 heterocycles. The van der Waals surface area contributed by atoms with Crippen molar-refractivity contribution >= 4 is 23.2 Å². The number of benzene rings is 1. The summed E-state index contributed by atoms with van der Waals surface area (Å²) in [7, 11) is 3.65. The molecule has 0 saturated carbocycles. The molecule has 2 amide bonds. The van der Waals surface area contributed by atoms with Crippen molar-refractivity contribution in [2.24, 2.45) is 0 Å². The Labute approximate surface area is 140 Å². The summed E-state index contributed by atoms with van der Waals surface area (Å²) in [5, 5.41) is 16.4. The van der Waals surface area contributed by atoms with Gasteiger partial charge in [0.25, 0.3) is 0 Å². The number of anilines is 2. The van der Waals surface area contributed by atoms with Gasteiger partial charge in [-0.25, -0.2) is 4.68 Å². The van der Waals surface area contributed by atoms with Gasteiger partial charge in [0.15, 0.2) is 0 Å². The van der Waals surface area contributed by atoms with Crippen LogP contribution in [0.1, 0.15) is 18.5 Å². The van der Waals surface area contributed by atoms with E-state index in [9.17, 15) is 9.59 Å². The van der Waals surface area contributed by atoms with Crippen LogP contribution in [-0.2, 0) is 9.59 Å². The second kappa shape index (κ2) is 7.64. The molecule has 2 rings (SSSR count). The van der Waals surface area contributed by atoms with Crippen molar-refractivity contribution in [1.82, 2.24) is 25.1 Å². The van der Waals surface area contributed by atoms with Crippen LogP contribution in [0, 0.1) is 6.92 Å². The maximum Gasteiger partial charge on any atom is 0.249 e. The number of hydrogen-bond acceptors (Lipinski definition) is 6. The van der Waals surface area contributed by atoms with Gasteiger partial charge in [-0.05, 0) is 56.1 Å². The van der Waals surface area contributed by atoms with Crippen molar-refractivity contribution in [2.75, 3.05) is 31.3 Å². The van der Waals surface area contributed by atoms with E-state index in [4.69, 9.17) is 0 Å². The summed E-state index contributed by atoms with van der Waals surface area (Å²) >= 11 is 0. The molecule has 0 aliphatic carbocycles. The molecule has 2 aromatic rings. The van der Waals surface area contributed by atoms with E-state index >= 15 is 0 Å². The van der Waals surface area contributed by atoms with Gasteiger partial charge in [0, 0.05) is 11.4 Å². The first-order valence-electron chi connectivity index (χ1n) is 7.45. The highest BCUT2D eigenvalue weighted by Gasteiger charge is 2.16. The van der Waals surface area contributed by atoms with E-state index in [1.807, 2.05) is 27.1 Å². The van der Waals surface area contributed by atoms with Crippen molar-refractivity contribution in [3.8, 4) is 0 Å². The van der Waals surface area contributed by atoms with Crippen molar-refractivity contribution in [2.45, 2.75) is 19.9 Å². The summed E-state index contributed by atoms with van der Waals surface area (Å²) in [4.78, 5) is 25.9. The Bertz CT molecular complexity index is 713. The van der Waals surface area contributed by atoms with Crippen LogP contribution in [0.4, 0.5) is 11.4 Å². The van der Waals surface area contributed by atoms with Crippen LogP contribution in [0.5, 0.6) is 0 Å². The third-order valence-corrected chi connectivity index (χ3v) is 3.38. The van der Waals surface area contributed by atoms with Crippen molar-refractivity contribution in [3.63, 3.8) is 0 Å². The summed E-state index contributed by atoms with van der Waals surface area (Å²) in [6.07, 6.45) is 1.38. The molecule has 9 heteroatoms. The van der Waals surface area contributed by atoms with Gasteiger partial charge in [0.2, 0.25) is 11.8 Å². The van der Waals surface area contributed by atoms with E-state index in [-0.39, 0.29) is 18.4 Å². The van der Waals surface area contributed by atoms with Gasteiger partial charge in [-0.3, -0.25) is 9.59 Å². The van der Waals surface area contributed by atoms with Gasteiger partial charge in [-0.2, -0.15) is 0 Å². The number of aryl methyl sites for hydroxylation is 1. The number of rotatable bonds is 6. The van der Waals surface area contributed by atoms with Crippen LogP contribution in [0.3, 0.4) is 0 Å². The van der Waals surface area contributed by atoms with Gasteiger partial charge in [-0.15, -0.1) is 5.10 Å². The highest BCUT2D eigenvalue weighted by molar-refractivity contribution is 5.96. The number of carbonyl (C=O) groups excluding carboxylic acids is 2. The van der Waals surface area contributed by atoms with E-state index in [0.717, 1.165) is 5.56 Å². The quantitative estimate of drug-likeness (QED) is 0.806. The van der Waals surface area contributed by atoms with Crippen LogP contribution >= 0.6 is 0 Å². The van der Waals surface area contributed by atoms with Crippen molar-refractivity contribution in [3.05, 3.63) is 30.1 Å². The number of likely N-dealkylation sites (N-methyl/N-ethyl adjacent to an activating group) is 1. The molecule has 2 N–H and O–H groups in total. The Hall–Kier alpha value is -2.81. The zero-order chi connectivity index (χ0) is 17.7. The molecule has 0 aliphatic heterocycles. The Morgan fingerprint density at radius 1 is 1.29 bits per heavy atom. The van der Waals surface area contributed by atoms with Crippen molar-refractivity contribution < 1.29 is 9.59 Å². The minimum Gasteiger partial charge on any atom is -0.325 e. The Morgan fingerprint density at radius 2 is 2.04 bits per heavy atom. The lowest BCUT2D eigenvalue weighted by Gasteiger charge is -2.15. The molecule has 1 aromatic carbocycles. The minimum absolute atomic E-state index is 0.117. The maximum absolute atomic E-state index is 12.3. The van der Waals surface area contributed by atoms with Crippen molar-refractivity contribution in [1.29, 1.82) is 0 Å². The Balaban J connectivity index is 2.07. The van der Waals surface area contributed by atoms with Gasteiger partial charge < -0.3 is 15.5 Å². The highest BCUT2D eigenvalue weighted by Crippen LogP contribution is 2.21. The minimum atomic E-state index is -0.548. The highest BCUT2D eigenvalue weighted by atomic mass is 16.2. The van der Waals surface area contributed by atoms with Crippen LogP contribution in [-0.4, -0.2) is 57.6 Å². The van der Waals surface area contributed by atoms with E-state index in [2.05, 4.69) is 26.2 Å². The predicted molar refractivity (Wildman–Crippen MR) is 89.5 cm³/mol. The van der Waals surface area contributed by atoms with Crippen LogP contribution < -0.4 is 10.6 Å². The average molecular weight is 331 g/mol. The van der Waals surface area contributed by atoms with Gasteiger partial charge >= 0.3 is 0 Å². The number of nitrogens with one attached hydrogen (secondary N) is 2. The molecule has 128 valence electrons. The lowest BCUT2D eigenvalue weighted by molar-refractivity contribution is -0.119. The van der Waals surface area contributed by atoms with Crippen LogP contribution in [0.2, 0.25) is 0 Å². The zero-order valence-corrected chi connectivity index (χ0v) is 14.1. The molecule has 9 nitrogen and oxygen atoms in total. The third kappa shape index (κ3) is 4.59. The fraction of sp³-hybridized carbons (Fsp3) is 0.400. The van der Waals surface area contributed by atoms with Gasteiger partial charge in [0.05, 0.1) is 6.54 Å². The number of hydrogen-bond donors (Lipinski definition) is 2. The number of nitrogens with zero attached hydrogens (tertiary/aromatic N) is 5. The molecular formula is C15H21N7O2. The van der Waals surface area contributed by atoms with E-state index in [1.165, 1.54) is 11.0 Å². The predicted octanol–water partition coefficient (Wildman–Crippen LogP) is 0.681. The van der Waals surface area contributed by atoms with E-state index in [1.54, 1.807) is 24.0 Å². The fourth-order valence-electron chi connectivity index (χ4n) is 2.02. The largest absolute Gasteiger partial charge is 0.325 e. The first-order chi connectivity index (χ1) is 11.4. The topological polar surface area (TPSA) is 105 Å². The number of carbonyl (C=O) groups is 2. The summed E-state index contributed by atoms with van der Waals surface area (Å²) < 4.78 is 1.36. The Kier molecular flexibility index (Phi) is 5.59. The van der Waals surface area contributed by atoms with Crippen LogP contribution in [0.25, 0.3) is 0 Å². The lowest BCUT2D eigenvalue weighted by atomic mass is 10.1. The summed E-state index contributed by atoms with van der Waals surface area (Å²) in [6.45, 7) is 3.87. The molecule has 0 bridgehead atoms. The summed E-state index contributed by atoms with van der Waals surface area (Å²) in [5.41, 5.74) is 2.16. The standard InChI is InChI=1S/C15H21N7O2/c1-10-5-6-12(7-13(10)18-14(23)8-21(3)4)17-15(24)11(2)22-9-16-19-20-22/h5-7,9,11H,8H2,1-4H3,(H,17,24)(H,18,23). The van der Waals surface area contributed by atoms with Gasteiger partial charge in [-0.1, -0.05) is 6.07 Å². The maximum atomic E-state index is 12.3. The van der Waals surface area contributed by atoms with E-state index in [0.29, 0.717) is 11.4 Å². The molecule has 1 atom stereocenters. The smallest absolute Gasteiger partial charge is 0.249 e. The molecular weight excluding hydrogens is 310 g/mol. The molecule has 24 heavy (non-hydrogen) atoms. The van der Waals surface area contributed by atoms with Gasteiger partial charge in [0.1, 0.15) is 12.4 Å². The number of tetrazole rings is 1. The molecule has 0 fully saturated rings. The lowest BCUT2D eigenvalue weighted by Crippen LogP contribution is -2.27. The molecule has 0 radical (unpaired) electrons. The van der Waals surface area contributed by atoms with E-state index < -0.39 is 6.04 Å². The first kappa shape index (κ1) is 17.5. The fourth-order valence-corrected chi connectivity index (χ4v) is 2.02. The number of amides is 2. The second-order valence-electron chi connectivity index (χ2n) is 5.77. The molecule has 0 saturated heterocycles.